The van der Waals surface area contributed by atoms with Crippen LogP contribution in [0.5, 0.6) is 0 Å². The Morgan fingerprint density at radius 2 is 0.697 bits per heavy atom. The highest BCUT2D eigenvalue weighted by Gasteiger charge is 2.12. The van der Waals surface area contributed by atoms with Gasteiger partial charge in [0.1, 0.15) is 0 Å². The van der Waals surface area contributed by atoms with Gasteiger partial charge in [-0.15, -0.1) is 0 Å². The van der Waals surface area contributed by atoms with Crippen LogP contribution in [0.4, 0.5) is 0 Å². The van der Waals surface area contributed by atoms with Crippen molar-refractivity contribution in [2.75, 3.05) is 12.3 Å². The fourth-order valence-corrected chi connectivity index (χ4v) is 8.62. The lowest BCUT2D eigenvalue weighted by atomic mass is 10.4. The summed E-state index contributed by atoms with van der Waals surface area (Å²) in [5.41, 5.74) is 0. The minimum absolute atomic E-state index is 0.151. The lowest BCUT2D eigenvalue weighted by Crippen LogP contribution is -2.13. The Kier molecular flexibility index (Phi) is 11.4. The number of hydrogen-bond acceptors (Lipinski definition) is 0. The molecule has 0 aliphatic heterocycles. The molecule has 0 unspecified atom stereocenters. The van der Waals surface area contributed by atoms with Gasteiger partial charge in [0, 0.05) is 0 Å². The van der Waals surface area contributed by atoms with Crippen LogP contribution in [0.25, 0.3) is 0 Å². The highest BCUT2D eigenvalue weighted by atomic mass is 31.1. The van der Waals surface area contributed by atoms with E-state index in [9.17, 15) is 0 Å². The highest BCUT2D eigenvalue weighted by Crippen LogP contribution is 2.35. The Labute approximate surface area is 203 Å². The third-order valence-electron chi connectivity index (χ3n) is 5.45. The van der Waals surface area contributed by atoms with Crippen LogP contribution in [0.1, 0.15) is 33.1 Å². The largest absolute Gasteiger partial charge is 0.0654 e. The van der Waals surface area contributed by atoms with E-state index in [0.717, 1.165) is 0 Å². The van der Waals surface area contributed by atoms with E-state index in [-0.39, 0.29) is 15.8 Å². The van der Waals surface area contributed by atoms with Gasteiger partial charge < -0.3 is 0 Å². The van der Waals surface area contributed by atoms with Gasteiger partial charge in [0.25, 0.3) is 0 Å². The molecule has 170 valence electrons. The molecular formula is C31H36P2. The standard InChI is InChI=1S/C16H19P.C15H17P/c1-2-3-14-17(15-10-6-4-7-11-15)16-12-8-5-9-13-16;1-2-13-16(14-9-5-3-6-10-14)15-11-7-4-8-12-15/h4-13H,2-3,14H2,1H3;3-12H,2,13H2,1H3. The molecule has 0 amide bonds. The second-order valence-corrected chi connectivity index (χ2v) is 12.7. The van der Waals surface area contributed by atoms with Crippen LogP contribution in [0.3, 0.4) is 0 Å². The lowest BCUT2D eigenvalue weighted by Gasteiger charge is -2.18. The van der Waals surface area contributed by atoms with Gasteiger partial charge in [0.05, 0.1) is 0 Å². The molecule has 2 heteroatoms. The smallest absolute Gasteiger partial charge is 0.0195 e. The first-order valence-electron chi connectivity index (χ1n) is 12.1. The van der Waals surface area contributed by atoms with Crippen LogP contribution in [0.15, 0.2) is 121 Å². The first kappa shape index (κ1) is 25.4. The maximum Gasteiger partial charge on any atom is -0.0195 e. The topological polar surface area (TPSA) is 0 Å². The van der Waals surface area contributed by atoms with E-state index in [2.05, 4.69) is 135 Å². The number of benzene rings is 4. The van der Waals surface area contributed by atoms with Crippen LogP contribution in [-0.2, 0) is 0 Å². The second-order valence-electron chi connectivity index (χ2n) is 8.00. The molecule has 0 N–H and O–H groups in total. The van der Waals surface area contributed by atoms with E-state index < -0.39 is 0 Å². The molecule has 0 fully saturated rings. The molecule has 0 atom stereocenters. The van der Waals surface area contributed by atoms with Crippen LogP contribution in [-0.4, -0.2) is 12.3 Å². The van der Waals surface area contributed by atoms with E-state index in [4.69, 9.17) is 0 Å². The fourth-order valence-electron chi connectivity index (χ4n) is 3.79. The third kappa shape index (κ3) is 8.23. The SMILES string of the molecule is CCCCP(c1ccccc1)c1ccccc1.CCCP(c1ccccc1)c1ccccc1. The second kappa shape index (κ2) is 14.8. The van der Waals surface area contributed by atoms with Gasteiger partial charge in [0.2, 0.25) is 0 Å². The Morgan fingerprint density at radius 3 is 0.970 bits per heavy atom. The zero-order valence-corrected chi connectivity index (χ0v) is 21.8. The summed E-state index contributed by atoms with van der Waals surface area (Å²) in [6.07, 6.45) is 6.42. The molecule has 0 radical (unpaired) electrons. The fraction of sp³-hybridized carbons (Fsp3) is 0.226. The predicted octanol–water partition coefficient (Wildman–Crippen LogP) is 7.45. The van der Waals surface area contributed by atoms with E-state index in [1.165, 1.54) is 52.8 Å². The number of hydrogen-bond donors (Lipinski definition) is 0. The van der Waals surface area contributed by atoms with E-state index in [1.807, 2.05) is 0 Å². The summed E-state index contributed by atoms with van der Waals surface area (Å²) in [6, 6.07) is 43.7. The highest BCUT2D eigenvalue weighted by molar-refractivity contribution is 7.73. The van der Waals surface area contributed by atoms with Gasteiger partial charge in [-0.25, -0.2) is 0 Å². The van der Waals surface area contributed by atoms with Crippen molar-refractivity contribution in [1.29, 1.82) is 0 Å². The minimum atomic E-state index is -0.157. The first-order valence-corrected chi connectivity index (χ1v) is 15.1. The molecule has 0 aliphatic rings. The Balaban J connectivity index is 0.000000186. The van der Waals surface area contributed by atoms with Gasteiger partial charge in [0.15, 0.2) is 0 Å². The lowest BCUT2D eigenvalue weighted by molar-refractivity contribution is 0.894. The van der Waals surface area contributed by atoms with Crippen molar-refractivity contribution in [2.24, 2.45) is 0 Å². The number of rotatable bonds is 9. The average Bonchev–Trinajstić information content (AvgIpc) is 2.90. The molecule has 0 saturated carbocycles. The normalized spacial score (nSPS) is 10.7. The predicted molar refractivity (Wildman–Crippen MR) is 153 cm³/mol. The van der Waals surface area contributed by atoms with E-state index >= 15 is 0 Å². The molecule has 0 nitrogen and oxygen atoms in total. The summed E-state index contributed by atoms with van der Waals surface area (Å²) in [5, 5.41) is 5.99. The van der Waals surface area contributed by atoms with E-state index in [1.54, 1.807) is 0 Å². The monoisotopic (exact) mass is 470 g/mol. The van der Waals surface area contributed by atoms with Gasteiger partial charge in [-0.3, -0.25) is 0 Å². The first-order chi connectivity index (χ1) is 16.3. The summed E-state index contributed by atoms with van der Waals surface area (Å²) >= 11 is 0. The van der Waals surface area contributed by atoms with Crippen LogP contribution < -0.4 is 21.2 Å². The summed E-state index contributed by atoms with van der Waals surface area (Å²) in [7, 11) is -0.308. The molecule has 33 heavy (non-hydrogen) atoms. The van der Waals surface area contributed by atoms with Crippen molar-refractivity contribution >= 4 is 37.1 Å². The molecular weight excluding hydrogens is 434 g/mol. The van der Waals surface area contributed by atoms with Crippen molar-refractivity contribution in [3.8, 4) is 0 Å². The van der Waals surface area contributed by atoms with Crippen LogP contribution in [0, 0.1) is 0 Å². The molecule has 0 aromatic heterocycles. The Morgan fingerprint density at radius 1 is 0.394 bits per heavy atom. The summed E-state index contributed by atoms with van der Waals surface area (Å²) < 4.78 is 0. The molecule has 4 rings (SSSR count). The molecule has 4 aromatic carbocycles. The van der Waals surface area contributed by atoms with Crippen LogP contribution >= 0.6 is 15.8 Å². The molecule has 0 heterocycles. The maximum atomic E-state index is 2.27. The molecule has 0 aliphatic carbocycles. The number of unbranched alkanes of at least 4 members (excludes halogenated alkanes) is 1. The summed E-state index contributed by atoms with van der Waals surface area (Å²) in [4.78, 5) is 0. The molecule has 0 spiro atoms. The third-order valence-corrected chi connectivity index (χ3v) is 10.8. The van der Waals surface area contributed by atoms with Crippen molar-refractivity contribution in [3.05, 3.63) is 121 Å². The molecule has 0 bridgehead atoms. The van der Waals surface area contributed by atoms with Gasteiger partial charge in [-0.2, -0.15) is 0 Å². The van der Waals surface area contributed by atoms with Crippen molar-refractivity contribution in [2.45, 2.75) is 33.1 Å². The quantitative estimate of drug-likeness (QED) is 0.223. The van der Waals surface area contributed by atoms with Crippen LogP contribution in [0.2, 0.25) is 0 Å². The summed E-state index contributed by atoms with van der Waals surface area (Å²) in [6.45, 7) is 4.53. The van der Waals surface area contributed by atoms with Crippen molar-refractivity contribution in [3.63, 3.8) is 0 Å². The summed E-state index contributed by atoms with van der Waals surface area (Å²) in [5.74, 6) is 0. The van der Waals surface area contributed by atoms with Gasteiger partial charge >= 0.3 is 0 Å². The van der Waals surface area contributed by atoms with Gasteiger partial charge in [-0.1, -0.05) is 148 Å². The van der Waals surface area contributed by atoms with E-state index in [0.29, 0.717) is 0 Å². The van der Waals surface area contributed by atoms with Gasteiger partial charge in [-0.05, 0) is 55.8 Å². The zero-order valence-electron chi connectivity index (χ0n) is 20.0. The Bertz CT molecular complexity index is 923. The molecule has 4 aromatic rings. The minimum Gasteiger partial charge on any atom is -0.0654 e. The zero-order chi connectivity index (χ0) is 23.1. The molecule has 0 saturated heterocycles. The van der Waals surface area contributed by atoms with Crippen molar-refractivity contribution < 1.29 is 0 Å². The van der Waals surface area contributed by atoms with Crippen molar-refractivity contribution in [1.82, 2.24) is 0 Å². The Hall–Kier alpha value is -2.26. The maximum absolute atomic E-state index is 2.27. The average molecular weight is 471 g/mol.